The summed E-state index contributed by atoms with van der Waals surface area (Å²) in [5.74, 6) is -0.158. The van der Waals surface area contributed by atoms with Crippen LogP contribution in [-0.4, -0.2) is 25.6 Å². The monoisotopic (exact) mass is 299 g/mol. The van der Waals surface area contributed by atoms with Crippen LogP contribution in [0.2, 0.25) is 0 Å². The normalized spacial score (nSPS) is 9.91. The van der Waals surface area contributed by atoms with Crippen molar-refractivity contribution in [1.29, 1.82) is 0 Å². The second kappa shape index (κ2) is 7.26. The van der Waals surface area contributed by atoms with E-state index < -0.39 is 0 Å². The first-order valence-electron chi connectivity index (χ1n) is 6.87. The van der Waals surface area contributed by atoms with Gasteiger partial charge < -0.3 is 14.8 Å². The van der Waals surface area contributed by atoms with Gasteiger partial charge in [-0.2, -0.15) is 0 Å². The minimum Gasteiger partial charge on any atom is -0.496 e. The Labute approximate surface area is 128 Å². The van der Waals surface area contributed by atoms with Crippen molar-refractivity contribution in [2.75, 3.05) is 19.0 Å². The highest BCUT2D eigenvalue weighted by Crippen LogP contribution is 2.19. The molecule has 114 valence electrons. The molecule has 1 N–H and O–H groups in total. The van der Waals surface area contributed by atoms with Crippen molar-refractivity contribution < 1.29 is 19.1 Å². The highest BCUT2D eigenvalue weighted by Gasteiger charge is 2.12. The third-order valence-electron chi connectivity index (χ3n) is 3.01. The molecule has 5 heteroatoms. The minimum atomic E-state index is -0.384. The Morgan fingerprint density at radius 3 is 2.36 bits per heavy atom. The first-order chi connectivity index (χ1) is 10.7. The number of nitrogens with one attached hydrogen (secondary N) is 1. The van der Waals surface area contributed by atoms with E-state index in [2.05, 4.69) is 5.32 Å². The van der Waals surface area contributed by atoms with Gasteiger partial charge >= 0.3 is 5.97 Å². The zero-order valence-corrected chi connectivity index (χ0v) is 12.5. The van der Waals surface area contributed by atoms with Gasteiger partial charge in [-0.05, 0) is 43.3 Å². The number of hydrogen-bond acceptors (Lipinski definition) is 4. The lowest BCUT2D eigenvalue weighted by Gasteiger charge is -2.09. The second-order valence-electron chi connectivity index (χ2n) is 4.45. The van der Waals surface area contributed by atoms with Gasteiger partial charge in [0.25, 0.3) is 5.91 Å². The molecule has 0 bridgehead atoms. The number of rotatable bonds is 5. The molecule has 2 rings (SSSR count). The van der Waals surface area contributed by atoms with Gasteiger partial charge in [-0.15, -0.1) is 0 Å². The first-order valence-corrected chi connectivity index (χ1v) is 6.87. The Morgan fingerprint density at radius 2 is 1.73 bits per heavy atom. The topological polar surface area (TPSA) is 64.6 Å². The van der Waals surface area contributed by atoms with E-state index in [1.807, 2.05) is 0 Å². The van der Waals surface area contributed by atoms with Crippen molar-refractivity contribution in [2.45, 2.75) is 6.92 Å². The predicted molar refractivity (Wildman–Crippen MR) is 83.3 cm³/mol. The zero-order valence-electron chi connectivity index (χ0n) is 12.5. The van der Waals surface area contributed by atoms with Crippen LogP contribution in [0.4, 0.5) is 5.69 Å². The molecule has 0 aliphatic carbocycles. The molecule has 5 nitrogen and oxygen atoms in total. The summed E-state index contributed by atoms with van der Waals surface area (Å²) < 4.78 is 10.1. The number of para-hydroxylation sites is 1. The molecular formula is C17H17NO4. The van der Waals surface area contributed by atoms with E-state index in [-0.39, 0.29) is 11.9 Å². The summed E-state index contributed by atoms with van der Waals surface area (Å²) in [4.78, 5) is 23.8. The highest BCUT2D eigenvalue weighted by molar-refractivity contribution is 6.06. The summed E-state index contributed by atoms with van der Waals surface area (Å²) in [5.41, 5.74) is 1.47. The summed E-state index contributed by atoms with van der Waals surface area (Å²) in [6.45, 7) is 2.07. The summed E-state index contributed by atoms with van der Waals surface area (Å²) in [7, 11) is 1.51. The molecule has 0 saturated carbocycles. The molecule has 0 aliphatic heterocycles. The quantitative estimate of drug-likeness (QED) is 0.862. The summed E-state index contributed by atoms with van der Waals surface area (Å²) in [5, 5.41) is 2.76. The molecule has 0 atom stereocenters. The Morgan fingerprint density at radius 1 is 1.05 bits per heavy atom. The number of carbonyl (C=O) groups excluding carboxylic acids is 2. The molecule has 0 aliphatic rings. The summed E-state index contributed by atoms with van der Waals surface area (Å²) in [6, 6.07) is 13.5. The molecule has 0 fully saturated rings. The second-order valence-corrected chi connectivity index (χ2v) is 4.45. The Kier molecular flexibility index (Phi) is 5.14. The van der Waals surface area contributed by atoms with E-state index in [0.717, 1.165) is 0 Å². The third-order valence-corrected chi connectivity index (χ3v) is 3.01. The minimum absolute atomic E-state index is 0.277. The van der Waals surface area contributed by atoms with Gasteiger partial charge in [0.05, 0.1) is 24.8 Å². The van der Waals surface area contributed by atoms with Gasteiger partial charge in [0.15, 0.2) is 0 Å². The van der Waals surface area contributed by atoms with Gasteiger partial charge in [-0.3, -0.25) is 4.79 Å². The third kappa shape index (κ3) is 3.63. The Balaban J connectivity index is 2.10. The van der Waals surface area contributed by atoms with Crippen molar-refractivity contribution in [3.63, 3.8) is 0 Å². The number of hydrogen-bond donors (Lipinski definition) is 1. The van der Waals surface area contributed by atoms with Crippen molar-refractivity contribution in [3.05, 3.63) is 59.7 Å². The van der Waals surface area contributed by atoms with Crippen LogP contribution in [0.1, 0.15) is 27.6 Å². The van der Waals surface area contributed by atoms with Gasteiger partial charge in [-0.1, -0.05) is 12.1 Å². The van der Waals surface area contributed by atoms with Crippen LogP contribution in [0, 0.1) is 0 Å². The molecule has 0 saturated heterocycles. The van der Waals surface area contributed by atoms with Crippen LogP contribution in [0.3, 0.4) is 0 Å². The van der Waals surface area contributed by atoms with Crippen molar-refractivity contribution in [3.8, 4) is 5.75 Å². The van der Waals surface area contributed by atoms with Crippen molar-refractivity contribution in [1.82, 2.24) is 0 Å². The van der Waals surface area contributed by atoms with E-state index in [1.165, 1.54) is 7.11 Å². The van der Waals surface area contributed by atoms with Crippen LogP contribution < -0.4 is 10.1 Å². The number of esters is 1. The molecule has 0 radical (unpaired) electrons. The molecule has 0 heterocycles. The standard InChI is InChI=1S/C17H17NO4/c1-3-22-17(20)12-8-10-13(11-9-12)18-16(19)14-6-4-5-7-15(14)21-2/h4-11H,3H2,1-2H3,(H,18,19). The van der Waals surface area contributed by atoms with Crippen molar-refractivity contribution in [2.24, 2.45) is 0 Å². The lowest BCUT2D eigenvalue weighted by atomic mass is 10.1. The number of ether oxygens (including phenoxy) is 2. The van der Waals surface area contributed by atoms with E-state index in [9.17, 15) is 9.59 Å². The van der Waals surface area contributed by atoms with Gasteiger partial charge in [0.1, 0.15) is 5.75 Å². The lowest BCUT2D eigenvalue weighted by Crippen LogP contribution is -2.13. The van der Waals surface area contributed by atoms with E-state index in [0.29, 0.717) is 29.2 Å². The Bertz CT molecular complexity index is 665. The Hall–Kier alpha value is -2.82. The van der Waals surface area contributed by atoms with Crippen LogP contribution in [0.5, 0.6) is 5.75 Å². The SMILES string of the molecule is CCOC(=O)c1ccc(NC(=O)c2ccccc2OC)cc1. The van der Waals surface area contributed by atoms with Gasteiger partial charge in [0, 0.05) is 5.69 Å². The lowest BCUT2D eigenvalue weighted by molar-refractivity contribution is 0.0526. The average molecular weight is 299 g/mol. The number of methoxy groups -OCH3 is 1. The number of carbonyl (C=O) groups is 2. The largest absolute Gasteiger partial charge is 0.496 e. The number of amides is 1. The summed E-state index contributed by atoms with van der Waals surface area (Å²) >= 11 is 0. The van der Waals surface area contributed by atoms with Crippen LogP contribution in [-0.2, 0) is 4.74 Å². The zero-order chi connectivity index (χ0) is 15.9. The molecule has 0 spiro atoms. The van der Waals surface area contributed by atoms with Crippen LogP contribution in [0.25, 0.3) is 0 Å². The smallest absolute Gasteiger partial charge is 0.338 e. The fraction of sp³-hybridized carbons (Fsp3) is 0.176. The maximum Gasteiger partial charge on any atom is 0.338 e. The molecule has 0 aromatic heterocycles. The molecule has 2 aromatic rings. The molecule has 2 aromatic carbocycles. The van der Waals surface area contributed by atoms with E-state index in [4.69, 9.17) is 9.47 Å². The average Bonchev–Trinajstić information content (AvgIpc) is 2.55. The van der Waals surface area contributed by atoms with E-state index in [1.54, 1.807) is 55.5 Å². The maximum absolute atomic E-state index is 12.2. The first kappa shape index (κ1) is 15.6. The molecule has 22 heavy (non-hydrogen) atoms. The maximum atomic E-state index is 12.2. The molecular weight excluding hydrogens is 282 g/mol. The number of anilines is 1. The highest BCUT2D eigenvalue weighted by atomic mass is 16.5. The van der Waals surface area contributed by atoms with Crippen LogP contribution >= 0.6 is 0 Å². The molecule has 1 amide bonds. The van der Waals surface area contributed by atoms with Gasteiger partial charge in [-0.25, -0.2) is 4.79 Å². The fourth-order valence-corrected chi connectivity index (χ4v) is 1.93. The predicted octanol–water partition coefficient (Wildman–Crippen LogP) is 3.12. The van der Waals surface area contributed by atoms with Crippen LogP contribution in [0.15, 0.2) is 48.5 Å². The van der Waals surface area contributed by atoms with E-state index >= 15 is 0 Å². The van der Waals surface area contributed by atoms with Crippen molar-refractivity contribution >= 4 is 17.6 Å². The summed E-state index contributed by atoms with van der Waals surface area (Å²) in [6.07, 6.45) is 0. The number of benzene rings is 2. The molecule has 0 unspecified atom stereocenters. The fourth-order valence-electron chi connectivity index (χ4n) is 1.93. The van der Waals surface area contributed by atoms with Gasteiger partial charge in [0.2, 0.25) is 0 Å².